The van der Waals surface area contributed by atoms with Gasteiger partial charge in [-0.25, -0.2) is 4.98 Å². The van der Waals surface area contributed by atoms with Crippen LogP contribution < -0.4 is 5.73 Å². The van der Waals surface area contributed by atoms with E-state index in [2.05, 4.69) is 17.1 Å². The molecule has 0 spiro atoms. The maximum atomic E-state index is 11.1. The number of rotatable bonds is 3. The zero-order valence-corrected chi connectivity index (χ0v) is 13.7. The molecule has 1 aromatic heterocycles. The van der Waals surface area contributed by atoms with Crippen LogP contribution in [0.5, 0.6) is 0 Å². The second-order valence-electron chi connectivity index (χ2n) is 5.20. The summed E-state index contributed by atoms with van der Waals surface area (Å²) >= 11 is 1.76. The van der Waals surface area contributed by atoms with Crippen LogP contribution in [0.4, 0.5) is 0 Å². The number of primary amides is 1. The highest BCUT2D eigenvalue weighted by molar-refractivity contribution is 7.09. The van der Waals surface area contributed by atoms with E-state index in [0.717, 1.165) is 0 Å². The summed E-state index contributed by atoms with van der Waals surface area (Å²) in [5.41, 5.74) is 7.96. The number of nitrogens with zero attached hydrogens (tertiary/aromatic N) is 2. The van der Waals surface area contributed by atoms with E-state index in [-0.39, 0.29) is 0 Å². The number of hydrogen-bond acceptors (Lipinski definition) is 4. The van der Waals surface area contributed by atoms with Crippen molar-refractivity contribution in [2.24, 2.45) is 11.7 Å². The number of nitrogens with two attached hydrogens (primary N) is 1. The molecule has 0 atom stereocenters. The maximum Gasteiger partial charge on any atom is 0.311 e. The van der Waals surface area contributed by atoms with Crippen LogP contribution in [0, 0.1) is 5.92 Å². The Balaban J connectivity index is 0.000000216. The number of hydrogen-bond donors (Lipinski definition) is 1. The molecular weight excluding hydrogens is 286 g/mol. The Morgan fingerprint density at radius 3 is 2.71 bits per heavy atom. The van der Waals surface area contributed by atoms with Gasteiger partial charge in [0, 0.05) is 18.0 Å². The summed E-state index contributed by atoms with van der Waals surface area (Å²) in [6.07, 6.45) is 6.67. The van der Waals surface area contributed by atoms with E-state index < -0.39 is 11.8 Å². The van der Waals surface area contributed by atoms with Crippen LogP contribution in [0.15, 0.2) is 11.6 Å². The lowest BCUT2D eigenvalue weighted by Crippen LogP contribution is -2.41. The molecule has 0 aromatic carbocycles. The van der Waals surface area contributed by atoms with E-state index in [1.165, 1.54) is 28.3 Å². The minimum absolute atomic E-state index is 0.355. The molecule has 0 radical (unpaired) electrons. The van der Waals surface area contributed by atoms with Gasteiger partial charge >= 0.3 is 11.8 Å². The Bertz CT molecular complexity index is 509. The van der Waals surface area contributed by atoms with Gasteiger partial charge < -0.3 is 10.6 Å². The lowest BCUT2D eigenvalue weighted by molar-refractivity contribution is -0.144. The summed E-state index contributed by atoms with van der Waals surface area (Å²) in [6.45, 7) is 6.90. The van der Waals surface area contributed by atoms with Gasteiger partial charge in [0.25, 0.3) is 0 Å². The van der Waals surface area contributed by atoms with Crippen LogP contribution in [0.2, 0.25) is 0 Å². The first-order chi connectivity index (χ1) is 9.95. The van der Waals surface area contributed by atoms with Crippen molar-refractivity contribution in [1.82, 2.24) is 9.88 Å². The fourth-order valence-electron chi connectivity index (χ4n) is 1.96. The van der Waals surface area contributed by atoms with Crippen molar-refractivity contribution < 1.29 is 9.59 Å². The van der Waals surface area contributed by atoms with Crippen LogP contribution in [-0.4, -0.2) is 34.8 Å². The number of fused-ring (bicyclic) bond motifs is 1. The normalized spacial score (nSPS) is 12.4. The first-order valence-electron chi connectivity index (χ1n) is 7.13. The first-order valence-corrected chi connectivity index (χ1v) is 8.01. The molecule has 0 saturated carbocycles. The zero-order chi connectivity index (χ0) is 15.8. The minimum Gasteiger partial charge on any atom is -0.361 e. The third-order valence-electron chi connectivity index (χ3n) is 2.95. The van der Waals surface area contributed by atoms with E-state index in [1.54, 1.807) is 11.3 Å². The van der Waals surface area contributed by atoms with Crippen molar-refractivity contribution >= 4 is 29.2 Å². The Morgan fingerprint density at radius 1 is 1.48 bits per heavy atom. The lowest BCUT2D eigenvalue weighted by atomic mass is 10.1. The smallest absolute Gasteiger partial charge is 0.311 e. The molecule has 1 aliphatic rings. The third-order valence-corrected chi connectivity index (χ3v) is 3.86. The highest BCUT2D eigenvalue weighted by atomic mass is 32.1. The number of aromatic nitrogens is 1. The number of carbonyl (C=O) groups excluding carboxylic acids is 2. The number of thiazole rings is 1. The zero-order valence-electron chi connectivity index (χ0n) is 12.8. The number of aryl methyl sites for hydroxylation is 1. The van der Waals surface area contributed by atoms with E-state index in [4.69, 9.17) is 5.73 Å². The molecule has 2 amide bonds. The van der Waals surface area contributed by atoms with Gasteiger partial charge in [-0.1, -0.05) is 19.9 Å². The molecule has 0 aliphatic heterocycles. The highest BCUT2D eigenvalue weighted by Crippen LogP contribution is 2.20. The van der Waals surface area contributed by atoms with Crippen LogP contribution in [0.25, 0.3) is 6.08 Å². The van der Waals surface area contributed by atoms with E-state index >= 15 is 0 Å². The van der Waals surface area contributed by atoms with Gasteiger partial charge in [-0.05, 0) is 31.8 Å². The number of carbonyl (C=O) groups is 2. The second kappa shape index (κ2) is 8.56. The van der Waals surface area contributed by atoms with E-state index in [1.807, 2.05) is 26.3 Å². The van der Waals surface area contributed by atoms with E-state index in [0.29, 0.717) is 19.0 Å². The van der Waals surface area contributed by atoms with Gasteiger partial charge in [0.15, 0.2) is 0 Å². The fraction of sp³-hybridized carbons (Fsp3) is 0.533. The Morgan fingerprint density at radius 2 is 2.19 bits per heavy atom. The first kappa shape index (κ1) is 17.4. The fourth-order valence-corrected chi connectivity index (χ4v) is 2.73. The summed E-state index contributed by atoms with van der Waals surface area (Å²) in [4.78, 5) is 28.7. The van der Waals surface area contributed by atoms with Crippen molar-refractivity contribution in [3.63, 3.8) is 0 Å². The molecular formula is C15H23N3O2S. The standard InChI is InChI=1S/C8H16N2O2.C7H7NS/c1-4-10(5-6(2)3)8(12)7(9)11;1-2-4-7-6(3-1)8-5-9-7/h6H,4-5H2,1-3H3,(H2,9,11);1,3,5H,2,4H2. The van der Waals surface area contributed by atoms with Crippen molar-refractivity contribution in [3.8, 4) is 0 Å². The van der Waals surface area contributed by atoms with Crippen LogP contribution in [-0.2, 0) is 16.0 Å². The molecule has 1 aromatic rings. The average Bonchev–Trinajstić information content (AvgIpc) is 2.92. The molecule has 0 saturated heterocycles. The van der Waals surface area contributed by atoms with E-state index in [9.17, 15) is 9.59 Å². The second-order valence-corrected chi connectivity index (χ2v) is 6.14. The molecule has 0 unspecified atom stereocenters. The van der Waals surface area contributed by atoms with Crippen LogP contribution >= 0.6 is 11.3 Å². The molecule has 0 bridgehead atoms. The summed E-state index contributed by atoms with van der Waals surface area (Å²) in [6, 6.07) is 0. The molecule has 6 heteroatoms. The van der Waals surface area contributed by atoms with Crippen molar-refractivity contribution in [3.05, 3.63) is 22.2 Å². The number of amides is 2. The molecule has 116 valence electrons. The van der Waals surface area contributed by atoms with Crippen LogP contribution in [0.3, 0.4) is 0 Å². The van der Waals surface area contributed by atoms with Gasteiger partial charge in [0.05, 0.1) is 11.2 Å². The molecule has 0 fully saturated rings. The topological polar surface area (TPSA) is 76.3 Å². The van der Waals surface area contributed by atoms with Gasteiger partial charge in [-0.3, -0.25) is 9.59 Å². The Hall–Kier alpha value is -1.69. The predicted octanol–water partition coefficient (Wildman–Crippen LogP) is 2.08. The molecule has 2 rings (SSSR count). The highest BCUT2D eigenvalue weighted by Gasteiger charge is 2.17. The van der Waals surface area contributed by atoms with Crippen molar-refractivity contribution in [1.29, 1.82) is 0 Å². The summed E-state index contributed by atoms with van der Waals surface area (Å²) in [5.74, 6) is -1.11. The SMILES string of the molecule is C1=Cc2ncsc2CC1.CCN(CC(C)C)C(=O)C(N)=O. The monoisotopic (exact) mass is 309 g/mol. The average molecular weight is 309 g/mol. The quantitative estimate of drug-likeness (QED) is 0.868. The number of allylic oxidation sites excluding steroid dienone is 1. The minimum atomic E-state index is -0.877. The van der Waals surface area contributed by atoms with Gasteiger partial charge in [0.1, 0.15) is 0 Å². The lowest BCUT2D eigenvalue weighted by Gasteiger charge is -2.20. The summed E-state index contributed by atoms with van der Waals surface area (Å²) in [7, 11) is 0. The molecule has 1 heterocycles. The number of likely N-dealkylation sites (N-methyl/N-ethyl adjacent to an activating group) is 1. The molecule has 21 heavy (non-hydrogen) atoms. The van der Waals surface area contributed by atoms with Gasteiger partial charge in [-0.15, -0.1) is 11.3 Å². The van der Waals surface area contributed by atoms with Gasteiger partial charge in [-0.2, -0.15) is 0 Å². The molecule has 2 N–H and O–H groups in total. The Kier molecular flexibility index (Phi) is 7.08. The third kappa shape index (κ3) is 5.67. The van der Waals surface area contributed by atoms with Crippen LogP contribution in [0.1, 0.15) is 37.8 Å². The molecule has 1 aliphatic carbocycles. The van der Waals surface area contributed by atoms with Gasteiger partial charge in [0.2, 0.25) is 0 Å². The Labute approximate surface area is 129 Å². The molecule has 5 nitrogen and oxygen atoms in total. The summed E-state index contributed by atoms with van der Waals surface area (Å²) in [5, 5.41) is 0. The summed E-state index contributed by atoms with van der Waals surface area (Å²) < 4.78 is 0. The predicted molar refractivity (Wildman–Crippen MR) is 85.8 cm³/mol. The maximum absolute atomic E-state index is 11.1. The van der Waals surface area contributed by atoms with Crippen molar-refractivity contribution in [2.45, 2.75) is 33.6 Å². The van der Waals surface area contributed by atoms with Crippen molar-refractivity contribution in [2.75, 3.05) is 13.1 Å². The largest absolute Gasteiger partial charge is 0.361 e.